The standard InChI is InChI=1S/C21H33N5O/c1-18(16-27-17-20-9-5-4-6-10-20)15-25-21(22-3)24-11-7-8-13-26-14-12-23-19(26)2/h4-6,9-10,12,14,18H,7-8,11,13,15-17H2,1-3H3,(H2,22,24,25). The van der Waals surface area contributed by atoms with Gasteiger partial charge in [-0.15, -0.1) is 0 Å². The van der Waals surface area contributed by atoms with Crippen LogP contribution in [0.5, 0.6) is 0 Å². The molecule has 0 aliphatic carbocycles. The van der Waals surface area contributed by atoms with Crippen molar-refractivity contribution in [2.24, 2.45) is 10.9 Å². The Bertz CT molecular complexity index is 668. The normalized spacial score (nSPS) is 12.8. The van der Waals surface area contributed by atoms with Gasteiger partial charge in [-0.3, -0.25) is 4.99 Å². The van der Waals surface area contributed by atoms with Gasteiger partial charge in [0.05, 0.1) is 13.2 Å². The average molecular weight is 372 g/mol. The van der Waals surface area contributed by atoms with E-state index in [0.29, 0.717) is 12.5 Å². The number of ether oxygens (including phenoxy) is 1. The molecule has 0 saturated heterocycles. The smallest absolute Gasteiger partial charge is 0.190 e. The molecular weight excluding hydrogens is 338 g/mol. The average Bonchev–Trinajstić information content (AvgIpc) is 3.09. The zero-order chi connectivity index (χ0) is 19.3. The number of guanidine groups is 1. The number of imidazole rings is 1. The number of aliphatic imine (C=N–C) groups is 1. The molecule has 6 heteroatoms. The minimum absolute atomic E-state index is 0.413. The fourth-order valence-corrected chi connectivity index (χ4v) is 2.76. The Hall–Kier alpha value is -2.34. The molecule has 0 aliphatic rings. The maximum absolute atomic E-state index is 5.80. The van der Waals surface area contributed by atoms with E-state index in [0.717, 1.165) is 50.9 Å². The molecular formula is C21H33N5O. The van der Waals surface area contributed by atoms with Gasteiger partial charge in [-0.1, -0.05) is 37.3 Å². The summed E-state index contributed by atoms with van der Waals surface area (Å²) in [6.45, 7) is 8.36. The van der Waals surface area contributed by atoms with Gasteiger partial charge in [0.25, 0.3) is 0 Å². The fourth-order valence-electron chi connectivity index (χ4n) is 2.76. The molecule has 2 rings (SSSR count). The Morgan fingerprint density at radius 3 is 2.74 bits per heavy atom. The van der Waals surface area contributed by atoms with Crippen LogP contribution in [0.2, 0.25) is 0 Å². The second kappa shape index (κ2) is 12.1. The van der Waals surface area contributed by atoms with Crippen molar-refractivity contribution in [2.45, 2.75) is 39.8 Å². The van der Waals surface area contributed by atoms with Crippen LogP contribution < -0.4 is 10.6 Å². The Morgan fingerprint density at radius 1 is 1.22 bits per heavy atom. The first-order valence-corrected chi connectivity index (χ1v) is 9.73. The Balaban J connectivity index is 1.53. The van der Waals surface area contributed by atoms with Gasteiger partial charge in [-0.05, 0) is 31.2 Å². The molecule has 2 aromatic rings. The van der Waals surface area contributed by atoms with E-state index in [1.807, 2.05) is 37.5 Å². The zero-order valence-electron chi connectivity index (χ0n) is 16.8. The zero-order valence-corrected chi connectivity index (χ0v) is 16.8. The molecule has 0 bridgehead atoms. The summed E-state index contributed by atoms with van der Waals surface area (Å²) in [5, 5.41) is 6.75. The highest BCUT2D eigenvalue weighted by molar-refractivity contribution is 5.79. The molecule has 0 fully saturated rings. The number of aromatic nitrogens is 2. The quantitative estimate of drug-likeness (QED) is 0.362. The summed E-state index contributed by atoms with van der Waals surface area (Å²) >= 11 is 0. The van der Waals surface area contributed by atoms with Crippen molar-refractivity contribution < 1.29 is 4.74 Å². The molecule has 1 heterocycles. The Kier molecular flexibility index (Phi) is 9.41. The van der Waals surface area contributed by atoms with Crippen molar-refractivity contribution >= 4 is 5.96 Å². The minimum atomic E-state index is 0.413. The van der Waals surface area contributed by atoms with Gasteiger partial charge < -0.3 is 19.9 Å². The number of benzene rings is 1. The molecule has 0 radical (unpaired) electrons. The van der Waals surface area contributed by atoms with E-state index in [1.165, 1.54) is 5.56 Å². The first kappa shape index (κ1) is 21.0. The van der Waals surface area contributed by atoms with Gasteiger partial charge in [-0.25, -0.2) is 4.98 Å². The topological polar surface area (TPSA) is 63.5 Å². The Morgan fingerprint density at radius 2 is 2.04 bits per heavy atom. The number of nitrogens with zero attached hydrogens (tertiary/aromatic N) is 3. The summed E-state index contributed by atoms with van der Waals surface area (Å²) < 4.78 is 7.98. The summed E-state index contributed by atoms with van der Waals surface area (Å²) in [7, 11) is 1.81. The van der Waals surface area contributed by atoms with Crippen LogP contribution in [-0.2, 0) is 17.9 Å². The highest BCUT2D eigenvalue weighted by Gasteiger charge is 2.05. The molecule has 6 nitrogen and oxygen atoms in total. The third-order valence-corrected chi connectivity index (χ3v) is 4.40. The number of hydrogen-bond donors (Lipinski definition) is 2. The molecule has 0 spiro atoms. The summed E-state index contributed by atoms with van der Waals surface area (Å²) in [5.41, 5.74) is 1.21. The van der Waals surface area contributed by atoms with Crippen LogP contribution >= 0.6 is 0 Å². The summed E-state index contributed by atoms with van der Waals surface area (Å²) in [6.07, 6.45) is 6.09. The monoisotopic (exact) mass is 371 g/mol. The number of rotatable bonds is 11. The van der Waals surface area contributed by atoms with Crippen LogP contribution in [0.1, 0.15) is 31.2 Å². The van der Waals surface area contributed by atoms with E-state index in [9.17, 15) is 0 Å². The van der Waals surface area contributed by atoms with E-state index in [1.54, 1.807) is 7.05 Å². The molecule has 1 aromatic carbocycles. The largest absolute Gasteiger partial charge is 0.376 e. The molecule has 1 unspecified atom stereocenters. The maximum atomic E-state index is 5.80. The fraction of sp³-hybridized carbons (Fsp3) is 0.524. The van der Waals surface area contributed by atoms with Gasteiger partial charge in [0.2, 0.25) is 0 Å². The van der Waals surface area contributed by atoms with Gasteiger partial charge in [0.1, 0.15) is 5.82 Å². The molecule has 27 heavy (non-hydrogen) atoms. The second-order valence-electron chi connectivity index (χ2n) is 6.86. The molecule has 2 N–H and O–H groups in total. The number of aryl methyl sites for hydroxylation is 2. The molecule has 1 atom stereocenters. The van der Waals surface area contributed by atoms with Crippen molar-refractivity contribution in [3.63, 3.8) is 0 Å². The van der Waals surface area contributed by atoms with Crippen molar-refractivity contribution in [1.29, 1.82) is 0 Å². The van der Waals surface area contributed by atoms with Crippen LogP contribution in [0.4, 0.5) is 0 Å². The molecule has 0 amide bonds. The van der Waals surface area contributed by atoms with Crippen LogP contribution in [0, 0.1) is 12.8 Å². The lowest BCUT2D eigenvalue weighted by molar-refractivity contribution is 0.0931. The number of nitrogens with one attached hydrogen (secondary N) is 2. The van der Waals surface area contributed by atoms with Crippen LogP contribution in [0.25, 0.3) is 0 Å². The van der Waals surface area contributed by atoms with Crippen LogP contribution in [0.3, 0.4) is 0 Å². The molecule has 0 saturated carbocycles. The van der Waals surface area contributed by atoms with E-state index < -0.39 is 0 Å². The highest BCUT2D eigenvalue weighted by atomic mass is 16.5. The summed E-state index contributed by atoms with van der Waals surface area (Å²) in [4.78, 5) is 8.53. The minimum Gasteiger partial charge on any atom is -0.376 e. The van der Waals surface area contributed by atoms with E-state index in [2.05, 4.69) is 44.2 Å². The van der Waals surface area contributed by atoms with Gasteiger partial charge >= 0.3 is 0 Å². The van der Waals surface area contributed by atoms with E-state index in [-0.39, 0.29) is 0 Å². The lowest BCUT2D eigenvalue weighted by Gasteiger charge is -2.16. The van der Waals surface area contributed by atoms with Gasteiger partial charge in [-0.2, -0.15) is 0 Å². The van der Waals surface area contributed by atoms with Crippen molar-refractivity contribution in [2.75, 3.05) is 26.7 Å². The van der Waals surface area contributed by atoms with Crippen LogP contribution in [-0.4, -0.2) is 42.3 Å². The number of hydrogen-bond acceptors (Lipinski definition) is 3. The number of unbranched alkanes of at least 4 members (excludes halogenated alkanes) is 1. The van der Waals surface area contributed by atoms with Crippen LogP contribution in [0.15, 0.2) is 47.7 Å². The summed E-state index contributed by atoms with van der Waals surface area (Å²) in [6, 6.07) is 10.3. The SMILES string of the molecule is CN=C(NCCCCn1ccnc1C)NCC(C)COCc1ccccc1. The van der Waals surface area contributed by atoms with Crippen molar-refractivity contribution in [3.8, 4) is 0 Å². The maximum Gasteiger partial charge on any atom is 0.190 e. The Labute approximate surface area is 163 Å². The summed E-state index contributed by atoms with van der Waals surface area (Å²) in [5.74, 6) is 2.34. The highest BCUT2D eigenvalue weighted by Crippen LogP contribution is 2.03. The molecule has 148 valence electrons. The lowest BCUT2D eigenvalue weighted by Crippen LogP contribution is -2.40. The second-order valence-corrected chi connectivity index (χ2v) is 6.86. The molecule has 1 aromatic heterocycles. The predicted octanol–water partition coefficient (Wildman–Crippen LogP) is 2.99. The van der Waals surface area contributed by atoms with Gasteiger partial charge in [0.15, 0.2) is 5.96 Å². The van der Waals surface area contributed by atoms with Crippen molar-refractivity contribution in [1.82, 2.24) is 20.2 Å². The van der Waals surface area contributed by atoms with Crippen molar-refractivity contribution in [3.05, 3.63) is 54.1 Å². The predicted molar refractivity (Wildman–Crippen MR) is 111 cm³/mol. The first-order chi connectivity index (χ1) is 13.2. The first-order valence-electron chi connectivity index (χ1n) is 9.73. The molecule has 0 aliphatic heterocycles. The third-order valence-electron chi connectivity index (χ3n) is 4.40. The lowest BCUT2D eigenvalue weighted by atomic mass is 10.2. The van der Waals surface area contributed by atoms with E-state index >= 15 is 0 Å². The third kappa shape index (κ3) is 8.26. The van der Waals surface area contributed by atoms with Gasteiger partial charge in [0, 0.05) is 39.1 Å². The van der Waals surface area contributed by atoms with E-state index in [4.69, 9.17) is 4.74 Å².